The zero-order chi connectivity index (χ0) is 13.4. The number of rotatable bonds is 9. The summed E-state index contributed by atoms with van der Waals surface area (Å²) < 4.78 is 2.26. The Balaban J connectivity index is 2.12. The van der Waals surface area contributed by atoms with Crippen LogP contribution in [0.2, 0.25) is 0 Å². The minimum absolute atomic E-state index is 0.174. The van der Waals surface area contributed by atoms with Crippen molar-refractivity contribution < 1.29 is 0 Å². The molecule has 1 aromatic heterocycles. The topological polar surface area (TPSA) is 0 Å². The molecule has 1 unspecified atom stereocenters. The predicted octanol–water partition coefficient (Wildman–Crippen LogP) is 7.69. The maximum absolute atomic E-state index is 6.42. The summed E-state index contributed by atoms with van der Waals surface area (Å²) in [5, 5.41) is 0.174. The Labute approximate surface area is 137 Å². The predicted molar refractivity (Wildman–Crippen MR) is 90.9 cm³/mol. The molecule has 0 spiro atoms. The van der Waals surface area contributed by atoms with E-state index in [1.54, 1.807) is 11.3 Å². The van der Waals surface area contributed by atoms with Crippen molar-refractivity contribution in [2.75, 3.05) is 0 Å². The van der Waals surface area contributed by atoms with Crippen molar-refractivity contribution in [1.29, 1.82) is 0 Å². The van der Waals surface area contributed by atoms with Gasteiger partial charge in [0.25, 0.3) is 0 Å². The van der Waals surface area contributed by atoms with Crippen LogP contribution in [-0.4, -0.2) is 0 Å². The maximum Gasteiger partial charge on any atom is 0.0843 e. The summed E-state index contributed by atoms with van der Waals surface area (Å²) in [5.41, 5.74) is 0. The molecule has 1 heterocycles. The lowest BCUT2D eigenvalue weighted by Gasteiger charge is -2.06. The van der Waals surface area contributed by atoms with Crippen molar-refractivity contribution in [1.82, 2.24) is 0 Å². The molecule has 0 saturated carbocycles. The number of alkyl halides is 1. The van der Waals surface area contributed by atoms with Crippen molar-refractivity contribution in [3.63, 3.8) is 0 Å². The molecule has 0 fully saturated rings. The molecule has 0 aromatic carbocycles. The number of hydrogen-bond donors (Lipinski definition) is 0. The highest BCUT2D eigenvalue weighted by Gasteiger charge is 2.12. The fourth-order valence-electron chi connectivity index (χ4n) is 1.94. The van der Waals surface area contributed by atoms with E-state index in [0.29, 0.717) is 0 Å². The Hall–Kier alpha value is 0.950. The molecule has 0 bridgehead atoms. The highest BCUT2D eigenvalue weighted by molar-refractivity contribution is 9.13. The number of hydrogen-bond acceptors (Lipinski definition) is 1. The van der Waals surface area contributed by atoms with Crippen LogP contribution in [0.3, 0.4) is 0 Å². The molecule has 0 radical (unpaired) electrons. The zero-order valence-electron chi connectivity index (χ0n) is 10.9. The SMILES string of the molecule is CCCCCCCCCC(Cl)c1cc(Br)c(Br)s1. The molecule has 1 atom stereocenters. The summed E-state index contributed by atoms with van der Waals surface area (Å²) in [7, 11) is 0. The molecular formula is C14H21Br2ClS. The largest absolute Gasteiger partial charge is 0.131 e. The van der Waals surface area contributed by atoms with Crippen molar-refractivity contribution >= 4 is 54.8 Å². The first kappa shape index (κ1) is 17.0. The molecule has 0 N–H and O–H groups in total. The standard InChI is InChI=1S/C14H21Br2ClS/c1-2-3-4-5-6-7-8-9-12(17)13-10-11(15)14(16)18-13/h10,12H,2-9H2,1H3. The fourth-order valence-corrected chi connectivity index (χ4v) is 4.39. The third-order valence-corrected chi connectivity index (χ3v) is 6.99. The van der Waals surface area contributed by atoms with Gasteiger partial charge < -0.3 is 0 Å². The van der Waals surface area contributed by atoms with Gasteiger partial charge >= 0.3 is 0 Å². The van der Waals surface area contributed by atoms with Gasteiger partial charge in [-0.3, -0.25) is 0 Å². The number of unbranched alkanes of at least 4 members (excludes halogenated alkanes) is 6. The Kier molecular flexibility index (Phi) is 9.25. The molecule has 0 aliphatic carbocycles. The second-order valence-electron chi connectivity index (χ2n) is 4.65. The van der Waals surface area contributed by atoms with E-state index in [0.717, 1.165) is 14.7 Å². The highest BCUT2D eigenvalue weighted by Crippen LogP contribution is 2.39. The maximum atomic E-state index is 6.42. The molecule has 0 aliphatic rings. The smallest absolute Gasteiger partial charge is 0.0843 e. The van der Waals surface area contributed by atoms with Gasteiger partial charge in [-0.1, -0.05) is 51.9 Å². The highest BCUT2D eigenvalue weighted by atomic mass is 79.9. The summed E-state index contributed by atoms with van der Waals surface area (Å²) in [6.45, 7) is 2.26. The van der Waals surface area contributed by atoms with E-state index in [-0.39, 0.29) is 5.38 Å². The fraction of sp³-hybridized carbons (Fsp3) is 0.714. The number of halogens is 3. The first-order chi connectivity index (χ1) is 8.65. The van der Waals surface area contributed by atoms with E-state index in [9.17, 15) is 0 Å². The lowest BCUT2D eigenvalue weighted by molar-refractivity contribution is 0.573. The van der Waals surface area contributed by atoms with Gasteiger partial charge in [0.05, 0.1) is 9.16 Å². The Morgan fingerprint density at radius 1 is 1.11 bits per heavy atom. The van der Waals surface area contributed by atoms with Crippen LogP contribution in [0.1, 0.15) is 68.5 Å². The van der Waals surface area contributed by atoms with Gasteiger partial charge in [-0.15, -0.1) is 22.9 Å². The molecule has 104 valence electrons. The minimum Gasteiger partial charge on any atom is -0.131 e. The average molecular weight is 417 g/mol. The third kappa shape index (κ3) is 6.40. The molecule has 18 heavy (non-hydrogen) atoms. The Morgan fingerprint density at radius 2 is 1.72 bits per heavy atom. The van der Waals surface area contributed by atoms with Crippen LogP contribution in [0.5, 0.6) is 0 Å². The van der Waals surface area contributed by atoms with Crippen molar-refractivity contribution in [3.05, 3.63) is 19.2 Å². The lowest BCUT2D eigenvalue weighted by atomic mass is 10.1. The summed E-state index contributed by atoms with van der Waals surface area (Å²) in [4.78, 5) is 1.27. The van der Waals surface area contributed by atoms with E-state index in [2.05, 4.69) is 44.8 Å². The van der Waals surface area contributed by atoms with Crippen LogP contribution < -0.4 is 0 Å². The summed E-state index contributed by atoms with van der Waals surface area (Å²) in [5.74, 6) is 0. The second kappa shape index (κ2) is 9.79. The first-order valence-electron chi connectivity index (χ1n) is 6.74. The van der Waals surface area contributed by atoms with Crippen LogP contribution in [0.25, 0.3) is 0 Å². The molecule has 4 heteroatoms. The summed E-state index contributed by atoms with van der Waals surface area (Å²) in [6, 6.07) is 2.13. The van der Waals surface area contributed by atoms with E-state index < -0.39 is 0 Å². The van der Waals surface area contributed by atoms with E-state index in [1.165, 1.54) is 49.8 Å². The van der Waals surface area contributed by atoms with Crippen LogP contribution in [0, 0.1) is 0 Å². The van der Waals surface area contributed by atoms with E-state index >= 15 is 0 Å². The Morgan fingerprint density at radius 3 is 2.28 bits per heavy atom. The monoisotopic (exact) mass is 414 g/mol. The van der Waals surface area contributed by atoms with Crippen LogP contribution in [-0.2, 0) is 0 Å². The van der Waals surface area contributed by atoms with Gasteiger partial charge in [-0.2, -0.15) is 0 Å². The molecule has 0 amide bonds. The van der Waals surface area contributed by atoms with Crippen LogP contribution in [0.15, 0.2) is 14.3 Å². The van der Waals surface area contributed by atoms with Gasteiger partial charge in [0, 0.05) is 9.35 Å². The quantitative estimate of drug-likeness (QED) is 0.286. The van der Waals surface area contributed by atoms with Crippen LogP contribution >= 0.6 is 54.8 Å². The average Bonchev–Trinajstić information content (AvgIpc) is 2.68. The molecular weight excluding hydrogens is 395 g/mol. The normalized spacial score (nSPS) is 12.9. The lowest BCUT2D eigenvalue weighted by Crippen LogP contribution is -1.87. The van der Waals surface area contributed by atoms with E-state index in [4.69, 9.17) is 11.6 Å². The third-order valence-electron chi connectivity index (χ3n) is 3.03. The molecule has 1 rings (SSSR count). The van der Waals surface area contributed by atoms with Gasteiger partial charge in [0.15, 0.2) is 0 Å². The van der Waals surface area contributed by atoms with Gasteiger partial charge in [0.1, 0.15) is 0 Å². The van der Waals surface area contributed by atoms with E-state index in [1.807, 2.05) is 0 Å². The van der Waals surface area contributed by atoms with Gasteiger partial charge in [0.2, 0.25) is 0 Å². The summed E-state index contributed by atoms with van der Waals surface area (Å²) in [6.07, 6.45) is 10.5. The molecule has 1 aromatic rings. The van der Waals surface area contributed by atoms with Crippen molar-refractivity contribution in [2.24, 2.45) is 0 Å². The van der Waals surface area contributed by atoms with Crippen LogP contribution in [0.4, 0.5) is 0 Å². The van der Waals surface area contributed by atoms with Crippen molar-refractivity contribution in [3.8, 4) is 0 Å². The molecule has 0 nitrogen and oxygen atoms in total. The molecule has 0 aliphatic heterocycles. The molecule has 0 saturated heterocycles. The van der Waals surface area contributed by atoms with Gasteiger partial charge in [-0.05, 0) is 44.3 Å². The Bertz CT molecular complexity index is 319. The van der Waals surface area contributed by atoms with Gasteiger partial charge in [-0.25, -0.2) is 0 Å². The first-order valence-corrected chi connectivity index (χ1v) is 9.57. The number of thiophene rings is 1. The van der Waals surface area contributed by atoms with Crippen molar-refractivity contribution in [2.45, 2.75) is 63.7 Å². The zero-order valence-corrected chi connectivity index (χ0v) is 15.6. The summed E-state index contributed by atoms with van der Waals surface area (Å²) >= 11 is 15.2. The second-order valence-corrected chi connectivity index (χ2v) is 8.43. The minimum atomic E-state index is 0.174.